The smallest absolute Gasteiger partial charge is 0.341 e. The minimum atomic E-state index is -1.08. The predicted octanol–water partition coefficient (Wildman–Crippen LogP) is 5.92. The molecule has 0 atom stereocenters. The first-order valence-electron chi connectivity index (χ1n) is 12.6. The van der Waals surface area contributed by atoms with E-state index in [4.69, 9.17) is 0 Å². The van der Waals surface area contributed by atoms with Crippen molar-refractivity contribution in [2.45, 2.75) is 65.3 Å². The lowest BCUT2D eigenvalue weighted by atomic mass is 9.82. The molecule has 0 unspecified atom stereocenters. The summed E-state index contributed by atoms with van der Waals surface area (Å²) in [4.78, 5) is 27.2. The number of carbonyl (C=O) groups is 2. The van der Waals surface area contributed by atoms with Crippen LogP contribution >= 0.6 is 0 Å². The first-order chi connectivity index (χ1) is 16.8. The molecule has 1 saturated carbocycles. The number of aryl methyl sites for hydroxylation is 2. The van der Waals surface area contributed by atoms with E-state index >= 15 is 0 Å². The van der Waals surface area contributed by atoms with E-state index in [0.29, 0.717) is 5.92 Å². The van der Waals surface area contributed by atoms with Crippen LogP contribution in [0, 0.1) is 11.8 Å². The summed E-state index contributed by atoms with van der Waals surface area (Å²) >= 11 is 0. The summed E-state index contributed by atoms with van der Waals surface area (Å²) in [6, 6.07) is 18.2. The third-order valence-electron chi connectivity index (χ3n) is 7.02. The second-order valence-electron chi connectivity index (χ2n) is 10.0. The van der Waals surface area contributed by atoms with E-state index in [-0.39, 0.29) is 29.2 Å². The summed E-state index contributed by atoms with van der Waals surface area (Å²) in [7, 11) is 0. The van der Waals surface area contributed by atoms with Crippen molar-refractivity contribution in [1.29, 1.82) is 0 Å². The van der Waals surface area contributed by atoms with Crippen molar-refractivity contribution in [3.05, 3.63) is 77.5 Å². The van der Waals surface area contributed by atoms with E-state index in [1.165, 1.54) is 17.3 Å². The van der Waals surface area contributed by atoms with Crippen LogP contribution in [0.4, 0.5) is 5.82 Å². The molecule has 6 nitrogen and oxygen atoms in total. The van der Waals surface area contributed by atoms with Crippen molar-refractivity contribution in [2.24, 2.45) is 11.8 Å². The second-order valence-corrected chi connectivity index (χ2v) is 10.0. The number of carbonyl (C=O) groups excluding carboxylic acids is 1. The van der Waals surface area contributed by atoms with Crippen LogP contribution in [0.2, 0.25) is 0 Å². The maximum absolute atomic E-state index is 13.5. The molecule has 1 amide bonds. The largest absolute Gasteiger partial charge is 0.477 e. The molecule has 0 aliphatic heterocycles. The van der Waals surface area contributed by atoms with Gasteiger partial charge >= 0.3 is 5.97 Å². The topological polar surface area (TPSA) is 75.4 Å². The van der Waals surface area contributed by atoms with E-state index in [1.807, 2.05) is 44.2 Å². The van der Waals surface area contributed by atoms with Crippen LogP contribution in [0.15, 0.2) is 60.8 Å². The van der Waals surface area contributed by atoms with Gasteiger partial charge in [-0.1, -0.05) is 49.4 Å². The first kappa shape index (κ1) is 24.7. The van der Waals surface area contributed by atoms with Crippen LogP contribution in [-0.4, -0.2) is 32.8 Å². The van der Waals surface area contributed by atoms with Crippen molar-refractivity contribution in [3.63, 3.8) is 0 Å². The van der Waals surface area contributed by atoms with Gasteiger partial charge in [-0.05, 0) is 81.5 Å². The van der Waals surface area contributed by atoms with Crippen LogP contribution in [-0.2, 0) is 17.6 Å². The highest BCUT2D eigenvalue weighted by Gasteiger charge is 2.34. The van der Waals surface area contributed by atoms with Crippen molar-refractivity contribution in [3.8, 4) is 5.69 Å². The minimum absolute atomic E-state index is 0.0177. The highest BCUT2D eigenvalue weighted by atomic mass is 16.4. The number of hydrogen-bond donors (Lipinski definition) is 1. The van der Waals surface area contributed by atoms with E-state index in [2.05, 4.69) is 36.3 Å². The minimum Gasteiger partial charge on any atom is -0.477 e. The van der Waals surface area contributed by atoms with Gasteiger partial charge in [0.05, 0.1) is 5.69 Å². The van der Waals surface area contributed by atoms with E-state index < -0.39 is 5.97 Å². The third kappa shape index (κ3) is 5.81. The van der Waals surface area contributed by atoms with Gasteiger partial charge in [-0.3, -0.25) is 9.69 Å². The number of aromatic nitrogens is 2. The Kier molecular flexibility index (Phi) is 7.69. The van der Waals surface area contributed by atoms with Crippen LogP contribution in [0.25, 0.3) is 5.69 Å². The SMILES string of the molecule is CC(C)N(c1nn(-c2ccc(CCc3ccccc3)cc2)cc1C(=O)O)C(=O)[C@H]1CC[C@H](C)CC1. The summed E-state index contributed by atoms with van der Waals surface area (Å²) in [5.41, 5.74) is 3.31. The molecular weight excluding hydrogens is 438 g/mol. The standard InChI is InChI=1S/C29H35N3O3/c1-20(2)32(28(33)24-15-9-21(3)10-16-24)27-26(29(34)35)19-31(30-27)25-17-13-23(14-18-25)12-11-22-7-5-4-6-8-22/h4-8,13-14,17-21,24H,9-12,15-16H2,1-3H3,(H,34,35)/t21-,24-. The van der Waals surface area contributed by atoms with Crippen LogP contribution < -0.4 is 4.90 Å². The molecule has 1 aliphatic carbocycles. The number of rotatable bonds is 8. The van der Waals surface area contributed by atoms with E-state index in [1.54, 1.807) is 9.58 Å². The average Bonchev–Trinajstić information content (AvgIpc) is 3.29. The highest BCUT2D eigenvalue weighted by molar-refractivity contribution is 6.01. The summed E-state index contributed by atoms with van der Waals surface area (Å²) in [5, 5.41) is 14.5. The maximum atomic E-state index is 13.5. The van der Waals surface area contributed by atoms with Crippen molar-refractivity contribution in [2.75, 3.05) is 4.90 Å². The molecule has 1 aromatic heterocycles. The van der Waals surface area contributed by atoms with Crippen molar-refractivity contribution in [1.82, 2.24) is 9.78 Å². The maximum Gasteiger partial charge on any atom is 0.341 e. The molecule has 0 saturated heterocycles. The molecule has 35 heavy (non-hydrogen) atoms. The molecule has 1 N–H and O–H groups in total. The molecule has 6 heteroatoms. The van der Waals surface area contributed by atoms with Crippen molar-refractivity contribution < 1.29 is 14.7 Å². The van der Waals surface area contributed by atoms with E-state index in [9.17, 15) is 14.7 Å². The van der Waals surface area contributed by atoms with Gasteiger partial charge < -0.3 is 5.11 Å². The zero-order valence-electron chi connectivity index (χ0n) is 20.9. The predicted molar refractivity (Wildman–Crippen MR) is 138 cm³/mol. The van der Waals surface area contributed by atoms with Crippen LogP contribution in [0.3, 0.4) is 0 Å². The van der Waals surface area contributed by atoms with Gasteiger partial charge in [-0.15, -0.1) is 5.10 Å². The summed E-state index contributed by atoms with van der Waals surface area (Å²) in [6.45, 7) is 6.04. The lowest BCUT2D eigenvalue weighted by molar-refractivity contribution is -0.123. The van der Waals surface area contributed by atoms with Gasteiger partial charge in [-0.2, -0.15) is 0 Å². The molecule has 0 bridgehead atoms. The van der Waals surface area contributed by atoms with Crippen LogP contribution in [0.1, 0.15) is 67.9 Å². The highest BCUT2D eigenvalue weighted by Crippen LogP contribution is 2.32. The number of carboxylic acid groups (broad SMARTS) is 1. The number of hydrogen-bond acceptors (Lipinski definition) is 3. The normalized spacial score (nSPS) is 17.9. The third-order valence-corrected chi connectivity index (χ3v) is 7.02. The fourth-order valence-electron chi connectivity index (χ4n) is 4.88. The van der Waals surface area contributed by atoms with Gasteiger partial charge in [0.15, 0.2) is 5.82 Å². The molecule has 184 valence electrons. The Morgan fingerprint density at radius 2 is 1.57 bits per heavy atom. The number of carboxylic acids is 1. The fraction of sp³-hybridized carbons (Fsp3) is 0.414. The molecule has 2 aromatic carbocycles. The Hall–Kier alpha value is -3.41. The monoisotopic (exact) mass is 473 g/mol. The van der Waals surface area contributed by atoms with Gasteiger partial charge in [-0.25, -0.2) is 9.48 Å². The number of nitrogens with zero attached hydrogens (tertiary/aromatic N) is 3. The molecule has 1 aliphatic rings. The van der Waals surface area contributed by atoms with Gasteiger partial charge in [0.1, 0.15) is 5.56 Å². The van der Waals surface area contributed by atoms with Crippen LogP contribution in [0.5, 0.6) is 0 Å². The molecule has 1 fully saturated rings. The van der Waals surface area contributed by atoms with Gasteiger partial charge in [0, 0.05) is 18.2 Å². The lowest BCUT2D eigenvalue weighted by Crippen LogP contribution is -2.43. The number of aromatic carboxylic acids is 1. The fourth-order valence-corrected chi connectivity index (χ4v) is 4.88. The zero-order chi connectivity index (χ0) is 24.9. The summed E-state index contributed by atoms with van der Waals surface area (Å²) in [6.07, 6.45) is 7.14. The van der Waals surface area contributed by atoms with Gasteiger partial charge in [0.25, 0.3) is 0 Å². The Morgan fingerprint density at radius 3 is 2.14 bits per heavy atom. The molecule has 4 rings (SSSR count). The number of anilines is 1. The molecule has 3 aromatic rings. The quantitative estimate of drug-likeness (QED) is 0.440. The van der Waals surface area contributed by atoms with Crippen molar-refractivity contribution >= 4 is 17.7 Å². The van der Waals surface area contributed by atoms with E-state index in [0.717, 1.165) is 44.2 Å². The first-order valence-corrected chi connectivity index (χ1v) is 12.6. The Balaban J connectivity index is 1.56. The Bertz CT molecular complexity index is 1140. The van der Waals surface area contributed by atoms with Gasteiger partial charge in [0.2, 0.25) is 5.91 Å². The molecule has 0 spiro atoms. The Morgan fingerprint density at radius 1 is 0.971 bits per heavy atom. The zero-order valence-corrected chi connectivity index (χ0v) is 20.9. The molecular formula is C29H35N3O3. The molecule has 1 heterocycles. The average molecular weight is 474 g/mol. The molecule has 0 radical (unpaired) electrons. The number of benzene rings is 2. The second kappa shape index (κ2) is 10.9. The Labute approximate surface area is 207 Å². The lowest BCUT2D eigenvalue weighted by Gasteiger charge is -2.32. The summed E-state index contributed by atoms with van der Waals surface area (Å²) < 4.78 is 1.57. The number of amides is 1. The summed E-state index contributed by atoms with van der Waals surface area (Å²) in [5.74, 6) is -0.318.